The summed E-state index contributed by atoms with van der Waals surface area (Å²) in [6.45, 7) is 2.41. The van der Waals surface area contributed by atoms with Crippen molar-refractivity contribution in [2.75, 3.05) is 14.1 Å². The first-order chi connectivity index (χ1) is 7.97. The van der Waals surface area contributed by atoms with Crippen molar-refractivity contribution in [3.05, 3.63) is 21.9 Å². The molecule has 5 nitrogen and oxygen atoms in total. The van der Waals surface area contributed by atoms with Crippen LogP contribution in [0.2, 0.25) is 0 Å². The number of aryl methyl sites for hydroxylation is 1. The van der Waals surface area contributed by atoms with Crippen molar-refractivity contribution in [1.82, 2.24) is 10.2 Å². The highest BCUT2D eigenvalue weighted by molar-refractivity contribution is 7.10. The van der Waals surface area contributed by atoms with Gasteiger partial charge in [-0.1, -0.05) is 0 Å². The Bertz CT molecular complexity index is 417. The lowest BCUT2D eigenvalue weighted by Crippen LogP contribution is -2.48. The number of aliphatic carboxylic acids is 1. The third kappa shape index (κ3) is 3.28. The van der Waals surface area contributed by atoms with Gasteiger partial charge in [0.25, 0.3) is 5.91 Å². The van der Waals surface area contributed by atoms with E-state index in [1.165, 1.54) is 11.9 Å². The topological polar surface area (TPSA) is 69.6 Å². The zero-order valence-electron chi connectivity index (χ0n) is 10.1. The quantitative estimate of drug-likeness (QED) is 0.760. The van der Waals surface area contributed by atoms with Crippen LogP contribution in [0.1, 0.15) is 10.4 Å². The van der Waals surface area contributed by atoms with Gasteiger partial charge in [0.05, 0.1) is 6.54 Å². The summed E-state index contributed by atoms with van der Waals surface area (Å²) >= 11 is 1.56. The summed E-state index contributed by atoms with van der Waals surface area (Å²) < 4.78 is 0. The molecule has 0 aromatic carbocycles. The Morgan fingerprint density at radius 3 is 2.65 bits per heavy atom. The molecule has 1 aromatic rings. The van der Waals surface area contributed by atoms with Crippen LogP contribution in [0, 0.1) is 6.92 Å². The number of carboxylic acid groups (broad SMARTS) is 1. The SMILES string of the molecule is CNC(C(=O)O)C(=O)N(C)Cc1sccc1C. The summed E-state index contributed by atoms with van der Waals surface area (Å²) in [5.41, 5.74) is 1.12. The number of carboxylic acids is 1. The molecule has 0 spiro atoms. The molecule has 1 unspecified atom stereocenters. The van der Waals surface area contributed by atoms with Crippen molar-refractivity contribution < 1.29 is 14.7 Å². The minimum Gasteiger partial charge on any atom is -0.480 e. The number of rotatable bonds is 5. The van der Waals surface area contributed by atoms with Crippen molar-refractivity contribution in [2.24, 2.45) is 0 Å². The minimum absolute atomic E-state index is 0.437. The fourth-order valence-corrected chi connectivity index (χ4v) is 2.39. The molecule has 17 heavy (non-hydrogen) atoms. The third-order valence-electron chi connectivity index (χ3n) is 2.51. The molecule has 0 radical (unpaired) electrons. The second-order valence-corrected chi connectivity index (χ2v) is 4.78. The molecule has 0 aliphatic rings. The summed E-state index contributed by atoms with van der Waals surface area (Å²) in [6.07, 6.45) is 0. The van der Waals surface area contributed by atoms with Crippen LogP contribution >= 0.6 is 11.3 Å². The Kier molecular flexibility index (Phi) is 4.65. The number of hydrogen-bond acceptors (Lipinski definition) is 4. The van der Waals surface area contributed by atoms with Crippen molar-refractivity contribution in [2.45, 2.75) is 19.5 Å². The number of hydrogen-bond donors (Lipinski definition) is 2. The van der Waals surface area contributed by atoms with E-state index in [-0.39, 0.29) is 0 Å². The molecule has 0 bridgehead atoms. The van der Waals surface area contributed by atoms with Gasteiger partial charge in [0.1, 0.15) is 0 Å². The van der Waals surface area contributed by atoms with E-state index in [0.29, 0.717) is 6.54 Å². The van der Waals surface area contributed by atoms with Crippen LogP contribution in [0.4, 0.5) is 0 Å². The van der Waals surface area contributed by atoms with Crippen LogP contribution in [0.5, 0.6) is 0 Å². The minimum atomic E-state index is -1.18. The predicted molar refractivity (Wildman–Crippen MR) is 66.0 cm³/mol. The van der Waals surface area contributed by atoms with Crippen LogP contribution in [-0.2, 0) is 16.1 Å². The molecule has 1 rings (SSSR count). The predicted octanol–water partition coefficient (Wildman–Crippen LogP) is 0.688. The maximum Gasteiger partial charge on any atom is 0.330 e. The van der Waals surface area contributed by atoms with Crippen molar-refractivity contribution in [3.63, 3.8) is 0 Å². The monoisotopic (exact) mass is 256 g/mol. The number of nitrogens with zero attached hydrogens (tertiary/aromatic N) is 1. The highest BCUT2D eigenvalue weighted by atomic mass is 32.1. The number of likely N-dealkylation sites (N-methyl/N-ethyl adjacent to an activating group) is 2. The van der Waals surface area contributed by atoms with E-state index in [0.717, 1.165) is 10.4 Å². The molecule has 0 saturated heterocycles. The molecular weight excluding hydrogens is 240 g/mol. The fraction of sp³-hybridized carbons (Fsp3) is 0.455. The van der Waals surface area contributed by atoms with Crippen LogP contribution in [0.25, 0.3) is 0 Å². The molecule has 94 valence electrons. The zero-order valence-corrected chi connectivity index (χ0v) is 10.9. The van der Waals surface area contributed by atoms with Crippen molar-refractivity contribution in [3.8, 4) is 0 Å². The van der Waals surface area contributed by atoms with E-state index in [2.05, 4.69) is 5.32 Å². The number of nitrogens with one attached hydrogen (secondary N) is 1. The number of carbonyl (C=O) groups excluding carboxylic acids is 1. The lowest BCUT2D eigenvalue weighted by atomic mass is 10.2. The lowest BCUT2D eigenvalue weighted by Gasteiger charge is -2.20. The highest BCUT2D eigenvalue weighted by Gasteiger charge is 2.27. The smallest absolute Gasteiger partial charge is 0.330 e. The second-order valence-electron chi connectivity index (χ2n) is 3.78. The van der Waals surface area contributed by atoms with Crippen molar-refractivity contribution in [1.29, 1.82) is 0 Å². The molecule has 1 heterocycles. The van der Waals surface area contributed by atoms with E-state index < -0.39 is 17.9 Å². The molecule has 0 aliphatic heterocycles. The van der Waals surface area contributed by atoms with E-state index in [1.807, 2.05) is 18.4 Å². The van der Waals surface area contributed by atoms with E-state index in [1.54, 1.807) is 18.4 Å². The lowest BCUT2D eigenvalue weighted by molar-refractivity contribution is -0.147. The average molecular weight is 256 g/mol. The van der Waals surface area contributed by atoms with Gasteiger partial charge in [-0.15, -0.1) is 11.3 Å². The molecule has 0 saturated carbocycles. The molecule has 1 amide bonds. The van der Waals surface area contributed by atoms with Gasteiger partial charge >= 0.3 is 5.97 Å². The first-order valence-electron chi connectivity index (χ1n) is 5.15. The summed E-state index contributed by atoms with van der Waals surface area (Å²) in [4.78, 5) is 25.2. The molecule has 0 aliphatic carbocycles. The second kappa shape index (κ2) is 5.79. The van der Waals surface area contributed by atoms with Crippen molar-refractivity contribution >= 4 is 23.2 Å². The third-order valence-corrected chi connectivity index (χ3v) is 3.52. The van der Waals surface area contributed by atoms with Gasteiger partial charge in [0.2, 0.25) is 0 Å². The van der Waals surface area contributed by atoms with Crippen LogP contribution < -0.4 is 5.32 Å². The Morgan fingerprint density at radius 2 is 2.24 bits per heavy atom. The largest absolute Gasteiger partial charge is 0.480 e. The molecule has 1 aromatic heterocycles. The summed E-state index contributed by atoms with van der Waals surface area (Å²) in [5, 5.41) is 13.3. The summed E-state index contributed by atoms with van der Waals surface area (Å²) in [6, 6.07) is 0.797. The number of amides is 1. The fourth-order valence-electron chi connectivity index (χ4n) is 1.43. The maximum atomic E-state index is 11.8. The summed E-state index contributed by atoms with van der Waals surface area (Å²) in [7, 11) is 3.07. The molecule has 2 N–H and O–H groups in total. The van der Waals surface area contributed by atoms with Crippen LogP contribution in [-0.4, -0.2) is 42.0 Å². The number of carbonyl (C=O) groups is 2. The Hall–Kier alpha value is -1.40. The van der Waals surface area contributed by atoms with Gasteiger partial charge < -0.3 is 10.0 Å². The molecular formula is C11H16N2O3S. The molecule has 1 atom stereocenters. The summed E-state index contributed by atoms with van der Waals surface area (Å²) in [5.74, 6) is -1.60. The standard InChI is InChI=1S/C11H16N2O3S/c1-7-4-5-17-8(7)6-13(3)10(14)9(12-2)11(15)16/h4-5,9,12H,6H2,1-3H3,(H,15,16). The van der Waals surface area contributed by atoms with E-state index >= 15 is 0 Å². The number of thiophene rings is 1. The zero-order chi connectivity index (χ0) is 13.0. The Labute approximate surface area is 104 Å². The van der Waals surface area contributed by atoms with Gasteiger partial charge in [-0.25, -0.2) is 4.79 Å². The first kappa shape index (κ1) is 13.7. The van der Waals surface area contributed by atoms with E-state index in [9.17, 15) is 9.59 Å². The molecule has 6 heteroatoms. The van der Waals surface area contributed by atoms with Crippen LogP contribution in [0.3, 0.4) is 0 Å². The Balaban J connectivity index is 2.70. The van der Waals surface area contributed by atoms with E-state index in [4.69, 9.17) is 5.11 Å². The first-order valence-corrected chi connectivity index (χ1v) is 6.03. The molecule has 0 fully saturated rings. The van der Waals surface area contributed by atoms with Gasteiger partial charge in [0, 0.05) is 11.9 Å². The van der Waals surface area contributed by atoms with Gasteiger partial charge in [-0.3, -0.25) is 10.1 Å². The van der Waals surface area contributed by atoms with Gasteiger partial charge in [-0.05, 0) is 31.0 Å². The normalized spacial score (nSPS) is 12.2. The van der Waals surface area contributed by atoms with Crippen LogP contribution in [0.15, 0.2) is 11.4 Å². The average Bonchev–Trinajstić information content (AvgIpc) is 2.64. The van der Waals surface area contributed by atoms with Gasteiger partial charge in [0.15, 0.2) is 6.04 Å². The maximum absolute atomic E-state index is 11.8. The van der Waals surface area contributed by atoms with Gasteiger partial charge in [-0.2, -0.15) is 0 Å². The Morgan fingerprint density at radius 1 is 1.59 bits per heavy atom. The highest BCUT2D eigenvalue weighted by Crippen LogP contribution is 2.17.